The number of methoxy groups -OCH3 is 1. The SMILES string of the molecule is COC(CNC(=NCC(=O)N(C)C)NCC1CCCCO1)C(C)(C)C.I. The van der Waals surface area contributed by atoms with E-state index in [0.29, 0.717) is 19.0 Å². The van der Waals surface area contributed by atoms with Crippen LogP contribution < -0.4 is 10.6 Å². The molecule has 2 N–H and O–H groups in total. The van der Waals surface area contributed by atoms with Gasteiger partial charge in [0.2, 0.25) is 5.91 Å². The van der Waals surface area contributed by atoms with Gasteiger partial charge in [-0.2, -0.15) is 0 Å². The van der Waals surface area contributed by atoms with Crippen molar-refractivity contribution in [1.29, 1.82) is 0 Å². The van der Waals surface area contributed by atoms with Gasteiger partial charge in [0.1, 0.15) is 6.54 Å². The number of likely N-dealkylation sites (N-methyl/N-ethyl adjacent to an activating group) is 1. The average molecular weight is 484 g/mol. The van der Waals surface area contributed by atoms with E-state index in [0.717, 1.165) is 19.4 Å². The normalized spacial score (nSPS) is 19.3. The summed E-state index contributed by atoms with van der Waals surface area (Å²) in [5, 5.41) is 6.60. The summed E-state index contributed by atoms with van der Waals surface area (Å²) in [7, 11) is 5.18. The fourth-order valence-electron chi connectivity index (χ4n) is 2.57. The second-order valence-electron chi connectivity index (χ2n) is 7.79. The lowest BCUT2D eigenvalue weighted by molar-refractivity contribution is -0.127. The van der Waals surface area contributed by atoms with Gasteiger partial charge in [0, 0.05) is 40.9 Å². The van der Waals surface area contributed by atoms with Crippen molar-refractivity contribution in [2.45, 2.75) is 52.2 Å². The van der Waals surface area contributed by atoms with E-state index in [1.807, 2.05) is 0 Å². The second kappa shape index (κ2) is 12.7. The van der Waals surface area contributed by atoms with E-state index in [2.05, 4.69) is 36.4 Å². The highest BCUT2D eigenvalue weighted by atomic mass is 127. The summed E-state index contributed by atoms with van der Waals surface area (Å²) in [5.41, 5.74) is 0.0127. The molecule has 7 nitrogen and oxygen atoms in total. The molecule has 1 rings (SSSR count). The smallest absolute Gasteiger partial charge is 0.243 e. The molecule has 1 fully saturated rings. The fourth-order valence-corrected chi connectivity index (χ4v) is 2.57. The van der Waals surface area contributed by atoms with E-state index in [-0.39, 0.29) is 54.1 Å². The molecule has 1 aliphatic heterocycles. The summed E-state index contributed by atoms with van der Waals surface area (Å²) < 4.78 is 11.3. The summed E-state index contributed by atoms with van der Waals surface area (Å²) >= 11 is 0. The molecular weight excluding hydrogens is 447 g/mol. The monoisotopic (exact) mass is 484 g/mol. The summed E-state index contributed by atoms with van der Waals surface area (Å²) in [4.78, 5) is 17.8. The predicted molar refractivity (Wildman–Crippen MR) is 116 cm³/mol. The molecule has 26 heavy (non-hydrogen) atoms. The summed E-state index contributed by atoms with van der Waals surface area (Å²) in [5.74, 6) is 0.588. The van der Waals surface area contributed by atoms with Crippen LogP contribution >= 0.6 is 24.0 Å². The van der Waals surface area contributed by atoms with Gasteiger partial charge in [0.25, 0.3) is 0 Å². The van der Waals surface area contributed by atoms with Crippen molar-refractivity contribution in [3.63, 3.8) is 0 Å². The van der Waals surface area contributed by atoms with Gasteiger partial charge in [0.05, 0.1) is 12.2 Å². The summed E-state index contributed by atoms with van der Waals surface area (Å²) in [6.07, 6.45) is 3.62. The van der Waals surface area contributed by atoms with Gasteiger partial charge >= 0.3 is 0 Å². The number of nitrogens with one attached hydrogen (secondary N) is 2. The Balaban J connectivity index is 0.00000625. The Kier molecular flexibility index (Phi) is 12.4. The van der Waals surface area contributed by atoms with Gasteiger partial charge in [-0.05, 0) is 24.7 Å². The molecule has 154 valence electrons. The largest absolute Gasteiger partial charge is 0.379 e. The Labute approximate surface area is 175 Å². The third kappa shape index (κ3) is 9.91. The number of hydrogen-bond acceptors (Lipinski definition) is 4. The van der Waals surface area contributed by atoms with Crippen molar-refractivity contribution < 1.29 is 14.3 Å². The van der Waals surface area contributed by atoms with Crippen LogP contribution in [0.25, 0.3) is 0 Å². The van der Waals surface area contributed by atoms with E-state index in [1.54, 1.807) is 26.1 Å². The van der Waals surface area contributed by atoms with E-state index in [9.17, 15) is 4.79 Å². The molecule has 0 aromatic rings. The maximum absolute atomic E-state index is 11.8. The first-order valence-electron chi connectivity index (χ1n) is 9.10. The third-order valence-corrected chi connectivity index (χ3v) is 4.35. The molecule has 0 aromatic carbocycles. The summed E-state index contributed by atoms with van der Waals surface area (Å²) in [6.45, 7) is 8.65. The number of ether oxygens (including phenoxy) is 2. The quantitative estimate of drug-likeness (QED) is 0.328. The van der Waals surface area contributed by atoms with Crippen LogP contribution in [0.4, 0.5) is 0 Å². The first kappa shape index (κ1) is 25.4. The van der Waals surface area contributed by atoms with Crippen LogP contribution in [0.15, 0.2) is 4.99 Å². The van der Waals surface area contributed by atoms with Crippen LogP contribution in [-0.2, 0) is 14.3 Å². The molecular formula is C18H37IN4O3. The molecule has 0 saturated carbocycles. The minimum atomic E-state index is -0.0332. The van der Waals surface area contributed by atoms with Gasteiger partial charge in [-0.15, -0.1) is 24.0 Å². The zero-order chi connectivity index (χ0) is 18.9. The van der Waals surface area contributed by atoms with Gasteiger partial charge in [-0.3, -0.25) is 4.79 Å². The van der Waals surface area contributed by atoms with Crippen LogP contribution in [0.1, 0.15) is 40.0 Å². The molecule has 0 spiro atoms. The van der Waals surface area contributed by atoms with Crippen LogP contribution in [0, 0.1) is 5.41 Å². The Bertz CT molecular complexity index is 433. The van der Waals surface area contributed by atoms with Crippen molar-refractivity contribution in [2.24, 2.45) is 10.4 Å². The minimum absolute atomic E-state index is 0. The topological polar surface area (TPSA) is 75.2 Å². The number of amides is 1. The van der Waals surface area contributed by atoms with Gasteiger partial charge in [0.15, 0.2) is 5.96 Å². The molecule has 1 saturated heterocycles. The average Bonchev–Trinajstić information content (AvgIpc) is 2.56. The molecule has 8 heteroatoms. The Hall–Kier alpha value is -0.610. The van der Waals surface area contributed by atoms with Gasteiger partial charge in [-0.25, -0.2) is 4.99 Å². The number of halogens is 1. The second-order valence-corrected chi connectivity index (χ2v) is 7.79. The fraction of sp³-hybridized carbons (Fsp3) is 0.889. The maximum Gasteiger partial charge on any atom is 0.243 e. The van der Waals surface area contributed by atoms with E-state index < -0.39 is 0 Å². The Morgan fingerprint density at radius 1 is 1.31 bits per heavy atom. The molecule has 1 heterocycles. The van der Waals surface area contributed by atoms with E-state index >= 15 is 0 Å². The lowest BCUT2D eigenvalue weighted by Gasteiger charge is -2.30. The highest BCUT2D eigenvalue weighted by Crippen LogP contribution is 2.20. The number of nitrogens with zero attached hydrogens (tertiary/aromatic N) is 2. The number of carbonyl (C=O) groups excluding carboxylic acids is 1. The molecule has 1 amide bonds. The number of carbonyl (C=O) groups is 1. The van der Waals surface area contributed by atoms with Gasteiger partial charge < -0.3 is 25.0 Å². The molecule has 0 radical (unpaired) electrons. The Morgan fingerprint density at radius 2 is 2.00 bits per heavy atom. The number of aliphatic imine (C=N–C) groups is 1. The zero-order valence-electron chi connectivity index (χ0n) is 17.1. The van der Waals surface area contributed by atoms with Crippen LogP contribution in [0.5, 0.6) is 0 Å². The highest BCUT2D eigenvalue weighted by Gasteiger charge is 2.24. The van der Waals surface area contributed by atoms with Crippen molar-refractivity contribution in [1.82, 2.24) is 15.5 Å². The zero-order valence-corrected chi connectivity index (χ0v) is 19.5. The number of guanidine groups is 1. The minimum Gasteiger partial charge on any atom is -0.379 e. The molecule has 0 aromatic heterocycles. The van der Waals surface area contributed by atoms with Crippen molar-refractivity contribution in [3.05, 3.63) is 0 Å². The van der Waals surface area contributed by atoms with Gasteiger partial charge in [-0.1, -0.05) is 20.8 Å². The van der Waals surface area contributed by atoms with Crippen molar-refractivity contribution in [2.75, 3.05) is 47.4 Å². The molecule has 2 unspecified atom stereocenters. The first-order chi connectivity index (χ1) is 11.7. The lowest BCUT2D eigenvalue weighted by Crippen LogP contribution is -2.47. The van der Waals surface area contributed by atoms with Crippen molar-refractivity contribution in [3.8, 4) is 0 Å². The standard InChI is InChI=1S/C18H36N4O3.HI/c1-18(2,3)15(24-6)12-20-17(21-13-16(23)22(4)5)19-11-14-9-7-8-10-25-14;/h14-15H,7-13H2,1-6H3,(H2,19,20,21);1H. The van der Waals surface area contributed by atoms with Crippen molar-refractivity contribution >= 4 is 35.8 Å². The van der Waals surface area contributed by atoms with Crippen LogP contribution in [0.2, 0.25) is 0 Å². The highest BCUT2D eigenvalue weighted by molar-refractivity contribution is 14.0. The number of rotatable bonds is 7. The van der Waals surface area contributed by atoms with E-state index in [4.69, 9.17) is 9.47 Å². The lowest BCUT2D eigenvalue weighted by atomic mass is 9.89. The number of hydrogen-bond donors (Lipinski definition) is 2. The van der Waals surface area contributed by atoms with Crippen LogP contribution in [-0.4, -0.2) is 76.4 Å². The molecule has 2 atom stereocenters. The van der Waals surface area contributed by atoms with Crippen LogP contribution in [0.3, 0.4) is 0 Å². The third-order valence-electron chi connectivity index (χ3n) is 4.35. The molecule has 0 bridgehead atoms. The first-order valence-corrected chi connectivity index (χ1v) is 9.10. The molecule has 1 aliphatic rings. The van der Waals surface area contributed by atoms with E-state index in [1.165, 1.54) is 6.42 Å². The summed E-state index contributed by atoms with van der Waals surface area (Å²) in [6, 6.07) is 0. The predicted octanol–water partition coefficient (Wildman–Crippen LogP) is 1.86. The Morgan fingerprint density at radius 3 is 2.50 bits per heavy atom. The molecule has 0 aliphatic carbocycles. The maximum atomic E-state index is 11.8.